The van der Waals surface area contributed by atoms with Gasteiger partial charge >= 0.3 is 0 Å². The Morgan fingerprint density at radius 3 is 2.92 bits per heavy atom. The molecule has 0 saturated carbocycles. The van der Waals surface area contributed by atoms with Crippen LogP contribution in [0.5, 0.6) is 0 Å². The van der Waals surface area contributed by atoms with Gasteiger partial charge in [-0.05, 0) is 44.6 Å². The lowest BCUT2D eigenvalue weighted by Crippen LogP contribution is -2.39. The number of likely N-dealkylation sites (tertiary alicyclic amines) is 1. The van der Waals surface area contributed by atoms with E-state index >= 15 is 0 Å². The van der Waals surface area contributed by atoms with Crippen LogP contribution in [-0.4, -0.2) is 52.7 Å². The van der Waals surface area contributed by atoms with E-state index in [1.165, 1.54) is 6.42 Å². The van der Waals surface area contributed by atoms with Crippen LogP contribution in [0, 0.1) is 0 Å². The molecule has 132 valence electrons. The molecule has 0 bridgehead atoms. The Labute approximate surface area is 141 Å². The van der Waals surface area contributed by atoms with Crippen molar-refractivity contribution in [2.75, 3.05) is 19.7 Å². The molecule has 3 rings (SSSR count). The van der Waals surface area contributed by atoms with E-state index in [0.717, 1.165) is 50.9 Å². The first-order valence-corrected chi connectivity index (χ1v) is 8.88. The van der Waals surface area contributed by atoms with Gasteiger partial charge in [-0.2, -0.15) is 5.10 Å². The van der Waals surface area contributed by atoms with E-state index in [9.17, 15) is 9.59 Å². The van der Waals surface area contributed by atoms with Crippen LogP contribution in [0.4, 0.5) is 0 Å². The molecule has 0 spiro atoms. The van der Waals surface area contributed by atoms with E-state index in [4.69, 9.17) is 10.5 Å². The van der Waals surface area contributed by atoms with Crippen molar-refractivity contribution in [2.45, 2.75) is 57.0 Å². The number of piperidine rings is 1. The smallest absolute Gasteiger partial charge is 0.269 e. The number of nitrogens with zero attached hydrogens (tertiary/aromatic N) is 2. The maximum absolute atomic E-state index is 12.5. The third kappa shape index (κ3) is 4.14. The first kappa shape index (κ1) is 17.0. The van der Waals surface area contributed by atoms with E-state index in [-0.39, 0.29) is 23.6 Å². The highest BCUT2D eigenvalue weighted by Crippen LogP contribution is 2.27. The SMILES string of the molecule is NC(=O)c1cc([C@@H]2CCCN(C(=O)CC[C@H]3CCCCO3)C2)[nH]n1. The van der Waals surface area contributed by atoms with Gasteiger partial charge in [0, 0.05) is 37.7 Å². The zero-order valence-electron chi connectivity index (χ0n) is 14.0. The first-order chi connectivity index (χ1) is 11.6. The second kappa shape index (κ2) is 7.79. The fraction of sp³-hybridized carbons (Fsp3) is 0.706. The average molecular weight is 334 g/mol. The zero-order valence-corrected chi connectivity index (χ0v) is 14.0. The number of H-pyrrole nitrogens is 1. The lowest BCUT2D eigenvalue weighted by molar-refractivity contribution is -0.133. The standard InChI is InChI=1S/C17H26N4O3/c18-17(23)15-10-14(19-20-15)12-4-3-8-21(11-12)16(22)7-6-13-5-1-2-9-24-13/h10,12-13H,1-9,11H2,(H2,18,23)(H,19,20)/t12-,13-/m1/s1. The third-order valence-electron chi connectivity index (χ3n) is 5.02. The molecule has 1 aromatic rings. The normalized spacial score (nSPS) is 24.8. The summed E-state index contributed by atoms with van der Waals surface area (Å²) < 4.78 is 5.70. The quantitative estimate of drug-likeness (QED) is 0.853. The van der Waals surface area contributed by atoms with Gasteiger partial charge in [-0.25, -0.2) is 0 Å². The number of ether oxygens (including phenoxy) is 1. The average Bonchev–Trinajstić information content (AvgIpc) is 3.11. The van der Waals surface area contributed by atoms with Gasteiger partial charge in [0.15, 0.2) is 0 Å². The predicted molar refractivity (Wildman–Crippen MR) is 88.5 cm³/mol. The van der Waals surface area contributed by atoms with Gasteiger partial charge < -0.3 is 15.4 Å². The third-order valence-corrected chi connectivity index (χ3v) is 5.02. The van der Waals surface area contributed by atoms with Crippen LogP contribution < -0.4 is 5.73 Å². The maximum Gasteiger partial charge on any atom is 0.269 e. The Bertz CT molecular complexity index is 580. The summed E-state index contributed by atoms with van der Waals surface area (Å²) in [5.74, 6) is -0.147. The number of amides is 2. The first-order valence-electron chi connectivity index (χ1n) is 8.88. The molecule has 2 amide bonds. The molecule has 1 aromatic heterocycles. The van der Waals surface area contributed by atoms with Gasteiger partial charge in [0.25, 0.3) is 5.91 Å². The van der Waals surface area contributed by atoms with E-state index in [0.29, 0.717) is 13.0 Å². The van der Waals surface area contributed by atoms with Crippen molar-refractivity contribution in [1.82, 2.24) is 15.1 Å². The van der Waals surface area contributed by atoms with E-state index in [2.05, 4.69) is 10.2 Å². The molecular weight excluding hydrogens is 308 g/mol. The summed E-state index contributed by atoms with van der Waals surface area (Å²) in [7, 11) is 0. The number of carbonyl (C=O) groups excluding carboxylic acids is 2. The van der Waals surface area contributed by atoms with Crippen LogP contribution in [-0.2, 0) is 9.53 Å². The van der Waals surface area contributed by atoms with Gasteiger partial charge in [0.2, 0.25) is 5.91 Å². The van der Waals surface area contributed by atoms with Crippen LogP contribution in [0.25, 0.3) is 0 Å². The zero-order chi connectivity index (χ0) is 16.9. The molecule has 0 radical (unpaired) electrons. The molecule has 3 heterocycles. The van der Waals surface area contributed by atoms with Crippen molar-refractivity contribution < 1.29 is 14.3 Å². The number of hydrogen-bond donors (Lipinski definition) is 2. The lowest BCUT2D eigenvalue weighted by Gasteiger charge is -2.33. The fourth-order valence-corrected chi connectivity index (χ4v) is 3.61. The number of primary amides is 1. The Morgan fingerprint density at radius 1 is 1.33 bits per heavy atom. The molecule has 0 aromatic carbocycles. The number of aromatic amines is 1. The molecule has 2 aliphatic heterocycles. The second-order valence-corrected chi connectivity index (χ2v) is 6.78. The van der Waals surface area contributed by atoms with Gasteiger partial charge in [-0.15, -0.1) is 0 Å². The van der Waals surface area contributed by atoms with Crippen molar-refractivity contribution in [1.29, 1.82) is 0 Å². The highest BCUT2D eigenvalue weighted by atomic mass is 16.5. The molecule has 2 fully saturated rings. The van der Waals surface area contributed by atoms with Crippen molar-refractivity contribution >= 4 is 11.8 Å². The van der Waals surface area contributed by atoms with Gasteiger partial charge in [0.1, 0.15) is 5.69 Å². The summed E-state index contributed by atoms with van der Waals surface area (Å²) in [6.07, 6.45) is 6.96. The molecule has 3 N–H and O–H groups in total. The summed E-state index contributed by atoms with van der Waals surface area (Å²) in [4.78, 5) is 25.6. The van der Waals surface area contributed by atoms with Crippen molar-refractivity contribution in [2.24, 2.45) is 5.73 Å². The van der Waals surface area contributed by atoms with E-state index in [1.807, 2.05) is 4.90 Å². The van der Waals surface area contributed by atoms with Crippen LogP contribution in [0.1, 0.15) is 67.0 Å². The minimum atomic E-state index is -0.534. The molecule has 2 aliphatic rings. The van der Waals surface area contributed by atoms with Crippen LogP contribution in [0.15, 0.2) is 6.07 Å². The maximum atomic E-state index is 12.5. The summed E-state index contributed by atoms with van der Waals surface area (Å²) in [5, 5.41) is 6.83. The Balaban J connectivity index is 1.52. The number of carbonyl (C=O) groups is 2. The number of rotatable bonds is 5. The van der Waals surface area contributed by atoms with Crippen LogP contribution >= 0.6 is 0 Å². The second-order valence-electron chi connectivity index (χ2n) is 6.78. The van der Waals surface area contributed by atoms with Gasteiger partial charge in [-0.1, -0.05) is 0 Å². The number of hydrogen-bond acceptors (Lipinski definition) is 4. The van der Waals surface area contributed by atoms with E-state index in [1.54, 1.807) is 6.07 Å². The Kier molecular flexibility index (Phi) is 5.50. The largest absolute Gasteiger partial charge is 0.378 e. The molecule has 7 nitrogen and oxygen atoms in total. The number of nitrogens with two attached hydrogens (primary N) is 1. The van der Waals surface area contributed by atoms with Crippen molar-refractivity contribution in [3.63, 3.8) is 0 Å². The molecule has 2 saturated heterocycles. The van der Waals surface area contributed by atoms with Crippen molar-refractivity contribution in [3.8, 4) is 0 Å². The summed E-state index contributed by atoms with van der Waals surface area (Å²) in [6, 6.07) is 1.71. The summed E-state index contributed by atoms with van der Waals surface area (Å²) in [6.45, 7) is 2.30. The Hall–Kier alpha value is -1.89. The fourth-order valence-electron chi connectivity index (χ4n) is 3.61. The van der Waals surface area contributed by atoms with E-state index < -0.39 is 5.91 Å². The van der Waals surface area contributed by atoms with Crippen LogP contribution in [0.2, 0.25) is 0 Å². The lowest BCUT2D eigenvalue weighted by atomic mass is 9.94. The highest BCUT2D eigenvalue weighted by molar-refractivity contribution is 5.90. The van der Waals surface area contributed by atoms with Gasteiger partial charge in [0.05, 0.1) is 6.10 Å². The minimum absolute atomic E-state index is 0.189. The summed E-state index contributed by atoms with van der Waals surface area (Å²) in [5.41, 5.74) is 6.38. The topological polar surface area (TPSA) is 101 Å². The monoisotopic (exact) mass is 334 g/mol. The number of nitrogens with one attached hydrogen (secondary N) is 1. The summed E-state index contributed by atoms with van der Waals surface area (Å²) >= 11 is 0. The minimum Gasteiger partial charge on any atom is -0.378 e. The molecule has 2 atom stereocenters. The molecule has 24 heavy (non-hydrogen) atoms. The number of aromatic nitrogens is 2. The predicted octanol–water partition coefficient (Wildman–Crippen LogP) is 1.56. The van der Waals surface area contributed by atoms with Gasteiger partial charge in [-0.3, -0.25) is 14.7 Å². The molecule has 0 aliphatic carbocycles. The van der Waals surface area contributed by atoms with Crippen molar-refractivity contribution in [3.05, 3.63) is 17.5 Å². The Morgan fingerprint density at radius 2 is 2.21 bits per heavy atom. The molecular formula is C17H26N4O3. The van der Waals surface area contributed by atoms with Crippen LogP contribution in [0.3, 0.4) is 0 Å². The highest BCUT2D eigenvalue weighted by Gasteiger charge is 2.27. The molecule has 0 unspecified atom stereocenters. The molecule has 7 heteroatoms.